The van der Waals surface area contributed by atoms with Gasteiger partial charge >= 0.3 is 12.1 Å². The van der Waals surface area contributed by atoms with E-state index in [9.17, 15) is 22.8 Å². The second kappa shape index (κ2) is 11.0. The van der Waals surface area contributed by atoms with Gasteiger partial charge in [-0.3, -0.25) is 4.79 Å². The van der Waals surface area contributed by atoms with Crippen LogP contribution in [0.1, 0.15) is 75.1 Å². The minimum absolute atomic E-state index is 0.0506. The molecule has 214 valence electrons. The van der Waals surface area contributed by atoms with Crippen LogP contribution in [0.25, 0.3) is 0 Å². The number of aryl methyl sites for hydroxylation is 1. The van der Waals surface area contributed by atoms with E-state index in [1.165, 1.54) is 31.6 Å². The van der Waals surface area contributed by atoms with Crippen LogP contribution in [-0.2, 0) is 17.6 Å². The quantitative estimate of drug-likeness (QED) is 0.335. The van der Waals surface area contributed by atoms with Crippen molar-refractivity contribution >= 4 is 34.0 Å². The van der Waals surface area contributed by atoms with E-state index >= 15 is 0 Å². The monoisotopic (exact) mass is 578 g/mol. The number of alkyl halides is 3. The van der Waals surface area contributed by atoms with Gasteiger partial charge in [-0.25, -0.2) is 9.48 Å². The summed E-state index contributed by atoms with van der Waals surface area (Å²) in [4.78, 5) is 27.0. The number of aromatic nitrogens is 2. The first kappa shape index (κ1) is 27.8. The van der Waals surface area contributed by atoms with Crippen LogP contribution < -0.4 is 20.1 Å². The van der Waals surface area contributed by atoms with Gasteiger partial charge in [0.25, 0.3) is 5.91 Å². The van der Waals surface area contributed by atoms with Gasteiger partial charge in [0.05, 0.1) is 32.4 Å². The number of esters is 1. The van der Waals surface area contributed by atoms with Gasteiger partial charge in [0.1, 0.15) is 10.8 Å². The number of halogens is 3. The lowest BCUT2D eigenvalue weighted by Gasteiger charge is -2.33. The molecule has 0 saturated carbocycles. The number of methoxy groups -OCH3 is 2. The summed E-state index contributed by atoms with van der Waals surface area (Å²) in [5.74, 6) is -0.347. The third kappa shape index (κ3) is 5.21. The van der Waals surface area contributed by atoms with E-state index in [-0.39, 0.29) is 24.5 Å². The molecule has 0 spiro atoms. The van der Waals surface area contributed by atoms with E-state index in [0.29, 0.717) is 34.0 Å². The van der Waals surface area contributed by atoms with Crippen molar-refractivity contribution in [1.29, 1.82) is 0 Å². The molecule has 1 amide bonds. The minimum Gasteiger partial charge on any atom is -0.493 e. The molecule has 2 aromatic heterocycles. The van der Waals surface area contributed by atoms with E-state index in [1.807, 2.05) is 0 Å². The summed E-state index contributed by atoms with van der Waals surface area (Å²) in [6, 6.07) is 3.52. The van der Waals surface area contributed by atoms with Gasteiger partial charge in [-0.1, -0.05) is 6.07 Å². The first-order valence-corrected chi connectivity index (χ1v) is 13.7. The Morgan fingerprint density at radius 1 is 1.15 bits per heavy atom. The summed E-state index contributed by atoms with van der Waals surface area (Å²) in [6.07, 6.45) is -1.58. The molecule has 0 saturated heterocycles. The zero-order valence-corrected chi connectivity index (χ0v) is 23.0. The second-order valence-corrected chi connectivity index (χ2v) is 10.7. The highest BCUT2D eigenvalue weighted by Gasteiger charge is 2.47. The molecule has 0 fully saturated rings. The van der Waals surface area contributed by atoms with E-state index in [1.54, 1.807) is 25.1 Å². The summed E-state index contributed by atoms with van der Waals surface area (Å²) >= 11 is 1.30. The maximum atomic E-state index is 14.2. The van der Waals surface area contributed by atoms with Gasteiger partial charge < -0.3 is 24.8 Å². The van der Waals surface area contributed by atoms with Crippen molar-refractivity contribution < 1.29 is 37.0 Å². The molecule has 3 aromatic rings. The summed E-state index contributed by atoms with van der Waals surface area (Å²) in [7, 11) is 2.92. The predicted octanol–water partition coefficient (Wildman–Crippen LogP) is 5.93. The Labute approximate surface area is 232 Å². The number of fused-ring (bicyclic) bond motifs is 2. The lowest BCUT2D eigenvalue weighted by atomic mass is 9.95. The Hall–Kier alpha value is -3.74. The number of amides is 1. The van der Waals surface area contributed by atoms with Crippen molar-refractivity contribution in [2.75, 3.05) is 31.5 Å². The van der Waals surface area contributed by atoms with Gasteiger partial charge in [0.15, 0.2) is 23.2 Å². The molecule has 5 rings (SSSR count). The Morgan fingerprint density at radius 2 is 1.90 bits per heavy atom. The topological polar surface area (TPSA) is 104 Å². The van der Waals surface area contributed by atoms with Crippen molar-refractivity contribution in [1.82, 2.24) is 9.78 Å². The Bertz CT molecular complexity index is 1430. The maximum absolute atomic E-state index is 14.2. The van der Waals surface area contributed by atoms with Crippen molar-refractivity contribution in [3.63, 3.8) is 0 Å². The lowest BCUT2D eigenvalue weighted by Crippen LogP contribution is -2.35. The molecule has 1 aromatic carbocycles. The molecule has 1 aliphatic heterocycles. The van der Waals surface area contributed by atoms with Crippen LogP contribution in [0.5, 0.6) is 11.5 Å². The number of anilines is 2. The molecule has 2 atom stereocenters. The normalized spacial score (nSPS) is 18.2. The Balaban J connectivity index is 1.45. The molecule has 0 bridgehead atoms. The number of thiophene rings is 1. The van der Waals surface area contributed by atoms with Gasteiger partial charge in [-0.05, 0) is 55.9 Å². The van der Waals surface area contributed by atoms with E-state index in [2.05, 4.69) is 15.7 Å². The molecular formula is C27H29F3N4O5S. The fraction of sp³-hybridized carbons (Fsp3) is 0.444. The number of ether oxygens (including phenoxy) is 3. The van der Waals surface area contributed by atoms with Crippen LogP contribution in [0.4, 0.5) is 24.0 Å². The lowest BCUT2D eigenvalue weighted by molar-refractivity contribution is -0.173. The van der Waals surface area contributed by atoms with E-state index in [0.717, 1.165) is 34.4 Å². The number of carbonyl (C=O) groups excluding carboxylic acids is 2. The Morgan fingerprint density at radius 3 is 2.60 bits per heavy atom. The number of benzene rings is 1. The van der Waals surface area contributed by atoms with Crippen LogP contribution in [-0.4, -0.2) is 48.7 Å². The first-order valence-electron chi connectivity index (χ1n) is 12.9. The number of nitrogens with one attached hydrogen (secondary N) is 2. The van der Waals surface area contributed by atoms with Crippen molar-refractivity contribution in [3.05, 3.63) is 51.5 Å². The van der Waals surface area contributed by atoms with Crippen LogP contribution in [0.15, 0.2) is 24.3 Å². The van der Waals surface area contributed by atoms with Gasteiger partial charge in [0, 0.05) is 17.4 Å². The summed E-state index contributed by atoms with van der Waals surface area (Å²) in [6.45, 7) is 1.88. The smallest absolute Gasteiger partial charge is 0.410 e. The molecule has 2 N–H and O–H groups in total. The van der Waals surface area contributed by atoms with Crippen LogP contribution >= 0.6 is 11.3 Å². The largest absolute Gasteiger partial charge is 0.493 e. The number of nitrogens with zero attached hydrogens (tertiary/aromatic N) is 2. The highest BCUT2D eigenvalue weighted by molar-refractivity contribution is 7.17. The van der Waals surface area contributed by atoms with Crippen LogP contribution in [0.3, 0.4) is 0 Å². The molecule has 40 heavy (non-hydrogen) atoms. The molecule has 13 heteroatoms. The predicted molar refractivity (Wildman–Crippen MR) is 143 cm³/mol. The second-order valence-electron chi connectivity index (χ2n) is 9.55. The average Bonchev–Trinajstić information content (AvgIpc) is 3.53. The molecule has 3 heterocycles. The van der Waals surface area contributed by atoms with E-state index in [4.69, 9.17) is 14.2 Å². The number of hydrogen-bond donors (Lipinski definition) is 2. The fourth-order valence-electron chi connectivity index (χ4n) is 5.21. The van der Waals surface area contributed by atoms with Crippen molar-refractivity contribution in [3.8, 4) is 11.5 Å². The van der Waals surface area contributed by atoms with Crippen LogP contribution in [0, 0.1) is 0 Å². The minimum atomic E-state index is -4.62. The molecule has 9 nitrogen and oxygen atoms in total. The molecule has 0 radical (unpaired) electrons. The zero-order valence-electron chi connectivity index (χ0n) is 22.2. The molecule has 2 aliphatic rings. The van der Waals surface area contributed by atoms with Gasteiger partial charge in [-0.2, -0.15) is 18.3 Å². The average molecular weight is 579 g/mol. The fourth-order valence-corrected chi connectivity index (χ4v) is 6.49. The maximum Gasteiger partial charge on any atom is 0.410 e. The molecule has 1 aliphatic carbocycles. The van der Waals surface area contributed by atoms with Gasteiger partial charge in [0.2, 0.25) is 0 Å². The van der Waals surface area contributed by atoms with Crippen molar-refractivity contribution in [2.24, 2.45) is 0 Å². The first-order chi connectivity index (χ1) is 19.1. The zero-order chi connectivity index (χ0) is 28.6. The number of hydrogen-bond acceptors (Lipinski definition) is 8. The summed E-state index contributed by atoms with van der Waals surface area (Å²) in [5, 5.41) is 10.2. The summed E-state index contributed by atoms with van der Waals surface area (Å²) in [5.41, 5.74) is 1.55. The Kier molecular flexibility index (Phi) is 7.67. The standard InChI is InChI=1S/C27H29F3N4O5S/c1-4-39-26(36)23-15-7-5-6-8-20(15)40-25(23)32-24(35)17-13-22-31-16(12-21(27(28,29)30)34(22)33-17)14-9-10-18(37-2)19(11-14)38-3/h9-11,13,16,21,31H,4-8,12H2,1-3H3,(H,32,35)/t16-,21+/m0/s1. The summed E-state index contributed by atoms with van der Waals surface area (Å²) < 4.78 is 59.2. The number of carbonyl (C=O) groups is 2. The van der Waals surface area contributed by atoms with Crippen LogP contribution in [0.2, 0.25) is 0 Å². The number of rotatable bonds is 7. The molecule has 0 unspecified atom stereocenters. The highest BCUT2D eigenvalue weighted by Crippen LogP contribution is 2.45. The third-order valence-electron chi connectivity index (χ3n) is 7.11. The highest BCUT2D eigenvalue weighted by atomic mass is 32.1. The molecular weight excluding hydrogens is 549 g/mol. The third-order valence-corrected chi connectivity index (χ3v) is 8.32. The van der Waals surface area contributed by atoms with E-state index < -0.39 is 30.1 Å². The van der Waals surface area contributed by atoms with Crippen molar-refractivity contribution in [2.45, 2.75) is 57.3 Å². The SMILES string of the molecule is CCOC(=O)c1c(NC(=O)c2cc3n(n2)[C@@H](C(F)(F)F)C[C@@H](c2ccc(OC)c(OC)c2)N3)sc2c1CCCC2. The van der Waals surface area contributed by atoms with Gasteiger partial charge in [-0.15, -0.1) is 11.3 Å².